The van der Waals surface area contributed by atoms with Gasteiger partial charge in [-0.05, 0) is 104 Å². The predicted octanol–water partition coefficient (Wildman–Crippen LogP) is 12.2. The molecule has 0 aliphatic heterocycles. The van der Waals surface area contributed by atoms with Gasteiger partial charge in [-0.1, -0.05) is 291 Å². The van der Waals surface area contributed by atoms with Crippen LogP contribution < -0.4 is 41.5 Å². The molecule has 0 saturated heterocycles. The molecule has 0 fully saturated rings. The molecule has 3 aliphatic carbocycles. The van der Waals surface area contributed by atoms with Gasteiger partial charge in [0.2, 0.25) is 0 Å². The molecular formula is C74H53NSi2. The fraction of sp³-hybridized carbons (Fsp3) is 0.0270. The third-order valence-electron chi connectivity index (χ3n) is 17.3. The SMILES string of the molecule is c1ccc(-c2cccc([Si](c3ccccc3)(c3ccccc3)c3cccc4c3C3c5ccccc5C4c4cccc(-n5c6ccccc6c6ccc([Si](c7ccccc7)(c7ccccc7)c7ccccc7)cc65)c43)c2)cc1. The lowest BCUT2D eigenvalue weighted by Crippen LogP contribution is -2.75. The van der Waals surface area contributed by atoms with E-state index in [2.05, 4.69) is 314 Å². The minimum Gasteiger partial charge on any atom is -0.309 e. The molecule has 3 heteroatoms. The number of hydrogen-bond donors (Lipinski definition) is 0. The molecule has 0 amide bonds. The predicted molar refractivity (Wildman–Crippen MR) is 328 cm³/mol. The summed E-state index contributed by atoms with van der Waals surface area (Å²) in [5, 5.41) is 13.6. The summed E-state index contributed by atoms with van der Waals surface area (Å²) < 4.78 is 2.65. The maximum Gasteiger partial charge on any atom is 0.179 e. The highest BCUT2D eigenvalue weighted by Gasteiger charge is 2.50. The number of nitrogens with zero attached hydrogens (tertiary/aromatic N) is 1. The van der Waals surface area contributed by atoms with Gasteiger partial charge in [0, 0.05) is 22.6 Å². The first kappa shape index (κ1) is 45.3. The highest BCUT2D eigenvalue weighted by Crippen LogP contribution is 2.57. The molecule has 77 heavy (non-hydrogen) atoms. The van der Waals surface area contributed by atoms with Crippen LogP contribution in [0, 0.1) is 0 Å². The molecular weight excluding hydrogens is 959 g/mol. The lowest BCUT2D eigenvalue weighted by Gasteiger charge is -2.47. The summed E-state index contributed by atoms with van der Waals surface area (Å²) in [5.74, 6) is 0.00368. The number of para-hydroxylation sites is 1. The Kier molecular flexibility index (Phi) is 10.8. The molecule has 0 N–H and O–H groups in total. The third kappa shape index (κ3) is 6.77. The Morgan fingerprint density at radius 1 is 0.247 bits per heavy atom. The molecule has 12 aromatic carbocycles. The van der Waals surface area contributed by atoms with Gasteiger partial charge in [0.15, 0.2) is 16.1 Å². The van der Waals surface area contributed by atoms with Crippen LogP contribution in [0.5, 0.6) is 0 Å². The first-order valence-corrected chi connectivity index (χ1v) is 31.1. The summed E-state index contributed by atoms with van der Waals surface area (Å²) in [6.07, 6.45) is 0. The minimum atomic E-state index is -3.12. The molecule has 0 spiro atoms. The molecule has 3 aliphatic rings. The van der Waals surface area contributed by atoms with Crippen LogP contribution in [0.4, 0.5) is 0 Å². The lowest BCUT2D eigenvalue weighted by atomic mass is 9.60. The van der Waals surface area contributed by atoms with E-state index in [1.807, 2.05) is 0 Å². The number of fused-ring (bicyclic) bond motifs is 3. The van der Waals surface area contributed by atoms with E-state index in [-0.39, 0.29) is 11.8 Å². The Hall–Kier alpha value is -9.13. The number of aromatic nitrogens is 1. The zero-order valence-corrected chi connectivity index (χ0v) is 44.5. The zero-order valence-electron chi connectivity index (χ0n) is 42.5. The standard InChI is InChI=1S/C74H53NSi2/c1-7-26-52(27-8-1)53-28-23-39-59(50-53)77(57-35-15-5-16-36-57,58-37-17-6-18-38-58)70-47-25-44-66-71-63-41-19-20-42-64(63)74(73(66)70)72-65(71)43-24-46-68(72)75-67-45-22-21-40-61(67)62-49-48-60(51-69(62)75)76(54-29-9-2-10-30-54,55-31-11-3-12-32-55)56-33-13-4-14-34-56/h1-51,71,74H. The Labute approximate surface area is 452 Å². The quantitative estimate of drug-likeness (QED) is 0.0950. The topological polar surface area (TPSA) is 4.93 Å². The van der Waals surface area contributed by atoms with Gasteiger partial charge in [-0.25, -0.2) is 0 Å². The highest BCUT2D eigenvalue weighted by molar-refractivity contribution is 7.20. The fourth-order valence-electron chi connectivity index (χ4n) is 14.2. The van der Waals surface area contributed by atoms with Crippen LogP contribution in [0.25, 0.3) is 38.6 Å². The van der Waals surface area contributed by atoms with Gasteiger partial charge in [0.25, 0.3) is 0 Å². The van der Waals surface area contributed by atoms with Crippen LogP contribution >= 0.6 is 0 Å². The fourth-order valence-corrected chi connectivity index (χ4v) is 24.1. The minimum absolute atomic E-state index is 0.0453. The first-order chi connectivity index (χ1) is 38.2. The highest BCUT2D eigenvalue weighted by atomic mass is 28.3. The van der Waals surface area contributed by atoms with Crippen molar-refractivity contribution in [1.82, 2.24) is 4.57 Å². The summed E-state index contributed by atoms with van der Waals surface area (Å²) in [6.45, 7) is 0. The molecule has 0 saturated carbocycles. The second kappa shape index (κ2) is 18.3. The molecule has 2 bridgehead atoms. The molecule has 1 heterocycles. The van der Waals surface area contributed by atoms with E-state index in [1.165, 1.54) is 113 Å². The van der Waals surface area contributed by atoms with Gasteiger partial charge in [-0.15, -0.1) is 0 Å². The molecule has 2 unspecified atom stereocenters. The maximum absolute atomic E-state index is 3.12. The van der Waals surface area contributed by atoms with Crippen LogP contribution in [0.3, 0.4) is 0 Å². The normalized spacial score (nSPS) is 14.5. The van der Waals surface area contributed by atoms with Gasteiger partial charge < -0.3 is 4.57 Å². The van der Waals surface area contributed by atoms with Crippen molar-refractivity contribution in [3.05, 3.63) is 343 Å². The van der Waals surface area contributed by atoms with Gasteiger partial charge in [-0.2, -0.15) is 0 Å². The van der Waals surface area contributed by atoms with Crippen molar-refractivity contribution in [1.29, 1.82) is 0 Å². The molecule has 0 radical (unpaired) electrons. The molecule has 13 aromatic rings. The second-order valence-corrected chi connectivity index (χ2v) is 28.5. The van der Waals surface area contributed by atoms with Crippen LogP contribution in [0.15, 0.2) is 309 Å². The third-order valence-corrected chi connectivity index (χ3v) is 26.9. The van der Waals surface area contributed by atoms with E-state index >= 15 is 0 Å². The number of benzene rings is 12. The molecule has 1 nitrogen and oxygen atoms in total. The number of hydrogen-bond acceptors (Lipinski definition) is 0. The average Bonchev–Trinajstić information content (AvgIpc) is 4.01. The first-order valence-electron chi connectivity index (χ1n) is 27.1. The smallest absolute Gasteiger partial charge is 0.179 e. The van der Waals surface area contributed by atoms with Crippen molar-refractivity contribution in [2.75, 3.05) is 0 Å². The maximum atomic E-state index is 2.65. The van der Waals surface area contributed by atoms with Crippen molar-refractivity contribution in [3.8, 4) is 16.8 Å². The van der Waals surface area contributed by atoms with Crippen molar-refractivity contribution in [2.24, 2.45) is 0 Å². The summed E-state index contributed by atoms with van der Waals surface area (Å²) >= 11 is 0. The largest absolute Gasteiger partial charge is 0.309 e. The Morgan fingerprint density at radius 3 is 1.26 bits per heavy atom. The monoisotopic (exact) mass is 1010 g/mol. The zero-order chi connectivity index (χ0) is 50.9. The van der Waals surface area contributed by atoms with E-state index in [0.29, 0.717) is 0 Å². The van der Waals surface area contributed by atoms with Crippen LogP contribution in [0.1, 0.15) is 45.2 Å². The van der Waals surface area contributed by atoms with Crippen molar-refractivity contribution >= 4 is 79.4 Å². The summed E-state index contributed by atoms with van der Waals surface area (Å²) in [5.41, 5.74) is 14.7. The van der Waals surface area contributed by atoms with Gasteiger partial charge in [0.05, 0.1) is 16.7 Å². The van der Waals surface area contributed by atoms with Gasteiger partial charge >= 0.3 is 0 Å². The van der Waals surface area contributed by atoms with E-state index in [4.69, 9.17) is 0 Å². The van der Waals surface area contributed by atoms with Crippen LogP contribution in [-0.4, -0.2) is 20.7 Å². The molecule has 362 valence electrons. The van der Waals surface area contributed by atoms with E-state index in [1.54, 1.807) is 0 Å². The lowest BCUT2D eigenvalue weighted by molar-refractivity contribution is 0.752. The van der Waals surface area contributed by atoms with Crippen molar-refractivity contribution < 1.29 is 0 Å². The summed E-state index contributed by atoms with van der Waals surface area (Å²) in [7, 11) is -6.01. The van der Waals surface area contributed by atoms with Gasteiger partial charge in [0.1, 0.15) is 0 Å². The Bertz CT molecular complexity index is 4190. The Morgan fingerprint density at radius 2 is 0.662 bits per heavy atom. The van der Waals surface area contributed by atoms with E-state index in [9.17, 15) is 0 Å². The molecule has 2 atom stereocenters. The Balaban J connectivity index is 1.04. The average molecular weight is 1010 g/mol. The van der Waals surface area contributed by atoms with Gasteiger partial charge in [-0.3, -0.25) is 0 Å². The number of rotatable bonds is 10. The summed E-state index contributed by atoms with van der Waals surface area (Å²) in [6, 6.07) is 118. The molecule has 16 rings (SSSR count). The second-order valence-electron chi connectivity index (χ2n) is 20.9. The summed E-state index contributed by atoms with van der Waals surface area (Å²) in [4.78, 5) is 0. The van der Waals surface area contributed by atoms with E-state index in [0.717, 1.165) is 0 Å². The van der Waals surface area contributed by atoms with Crippen molar-refractivity contribution in [2.45, 2.75) is 11.8 Å². The van der Waals surface area contributed by atoms with E-state index < -0.39 is 16.1 Å². The molecule has 1 aromatic heterocycles. The van der Waals surface area contributed by atoms with Crippen LogP contribution in [0.2, 0.25) is 0 Å². The van der Waals surface area contributed by atoms with Crippen LogP contribution in [-0.2, 0) is 0 Å². The van der Waals surface area contributed by atoms with Crippen molar-refractivity contribution in [3.63, 3.8) is 0 Å².